The van der Waals surface area contributed by atoms with Gasteiger partial charge in [0, 0.05) is 18.3 Å². The van der Waals surface area contributed by atoms with Crippen molar-refractivity contribution >= 4 is 17.5 Å². The van der Waals surface area contributed by atoms with E-state index in [2.05, 4.69) is 31.6 Å². The maximum atomic E-state index is 14.2. The van der Waals surface area contributed by atoms with E-state index in [1.54, 1.807) is 18.2 Å². The first kappa shape index (κ1) is 18.6. The molecule has 0 spiro atoms. The summed E-state index contributed by atoms with van der Waals surface area (Å²) in [7, 11) is 0. The van der Waals surface area contributed by atoms with E-state index in [1.165, 1.54) is 51.4 Å². The van der Waals surface area contributed by atoms with Crippen molar-refractivity contribution in [3.05, 3.63) is 41.8 Å². The predicted molar refractivity (Wildman–Crippen MR) is 107 cm³/mol. The van der Waals surface area contributed by atoms with Gasteiger partial charge in [-0.1, -0.05) is 12.5 Å². The van der Waals surface area contributed by atoms with Crippen LogP contribution < -0.4 is 10.6 Å². The van der Waals surface area contributed by atoms with Crippen molar-refractivity contribution in [3.63, 3.8) is 0 Å². The van der Waals surface area contributed by atoms with Gasteiger partial charge in [-0.3, -0.25) is 0 Å². The van der Waals surface area contributed by atoms with Crippen LogP contribution in [0.25, 0.3) is 0 Å². The molecule has 6 nitrogen and oxygen atoms in total. The number of nitrogens with one attached hydrogen (secondary N) is 2. The molecule has 7 heteroatoms. The van der Waals surface area contributed by atoms with Crippen LogP contribution in [0.5, 0.6) is 0 Å². The van der Waals surface area contributed by atoms with Crippen molar-refractivity contribution in [1.82, 2.24) is 14.9 Å². The lowest BCUT2D eigenvalue weighted by atomic mass is 9.83. The molecule has 28 heavy (non-hydrogen) atoms. The summed E-state index contributed by atoms with van der Waals surface area (Å²) in [6.45, 7) is 3.11. The molecule has 1 aromatic carbocycles. The molecule has 2 aromatic rings. The maximum absolute atomic E-state index is 14.2. The Morgan fingerprint density at radius 3 is 3.00 bits per heavy atom. The molecule has 3 heterocycles. The first-order valence-electron chi connectivity index (χ1n) is 10.0. The number of anilines is 3. The van der Waals surface area contributed by atoms with Crippen LogP contribution in [-0.2, 0) is 0 Å². The molecule has 0 radical (unpaired) electrons. The number of hydrogen-bond donors (Lipinski definition) is 2. The number of hydrogen-bond acceptors (Lipinski definition) is 6. The van der Waals surface area contributed by atoms with Gasteiger partial charge in [0.2, 0.25) is 5.95 Å². The van der Waals surface area contributed by atoms with Crippen molar-refractivity contribution in [2.45, 2.75) is 38.1 Å². The Balaban J connectivity index is 1.43. The highest BCUT2D eigenvalue weighted by atomic mass is 19.1. The summed E-state index contributed by atoms with van der Waals surface area (Å²) in [5.41, 5.74) is 1.24. The van der Waals surface area contributed by atoms with E-state index in [0.29, 0.717) is 29.2 Å². The van der Waals surface area contributed by atoms with Crippen LogP contribution >= 0.6 is 0 Å². The Morgan fingerprint density at radius 1 is 1.21 bits per heavy atom. The molecule has 2 atom stereocenters. The van der Waals surface area contributed by atoms with E-state index < -0.39 is 5.82 Å². The third-order valence-electron chi connectivity index (χ3n) is 5.75. The zero-order valence-corrected chi connectivity index (χ0v) is 15.9. The smallest absolute Gasteiger partial charge is 0.229 e. The Labute approximate surface area is 164 Å². The van der Waals surface area contributed by atoms with Gasteiger partial charge in [0.25, 0.3) is 0 Å². The zero-order valence-electron chi connectivity index (χ0n) is 15.9. The molecule has 0 saturated carbocycles. The third-order valence-corrected chi connectivity index (χ3v) is 5.75. The lowest BCUT2D eigenvalue weighted by molar-refractivity contribution is 0.0648. The number of piperidine rings is 2. The molecule has 2 N–H and O–H groups in total. The second-order valence-electron chi connectivity index (χ2n) is 7.59. The Hall–Kier alpha value is -2.72. The number of rotatable bonds is 5. The Morgan fingerprint density at radius 2 is 2.11 bits per heavy atom. The van der Waals surface area contributed by atoms with Crippen molar-refractivity contribution in [2.75, 3.05) is 30.3 Å². The monoisotopic (exact) mass is 380 g/mol. The van der Waals surface area contributed by atoms with Gasteiger partial charge in [0.05, 0.1) is 17.8 Å². The van der Waals surface area contributed by atoms with Gasteiger partial charge in [-0.15, -0.1) is 0 Å². The van der Waals surface area contributed by atoms with Crippen LogP contribution in [0.3, 0.4) is 0 Å². The minimum Gasteiger partial charge on any atom is -0.367 e. The summed E-state index contributed by atoms with van der Waals surface area (Å²) in [5, 5.41) is 15.3. The molecule has 2 aliphatic rings. The highest BCUT2D eigenvalue weighted by Crippen LogP contribution is 2.31. The molecule has 0 unspecified atom stereocenters. The van der Waals surface area contributed by atoms with E-state index in [9.17, 15) is 4.39 Å². The number of aromatic nitrogens is 2. The molecular weight excluding hydrogens is 355 g/mol. The van der Waals surface area contributed by atoms with Crippen molar-refractivity contribution in [2.24, 2.45) is 5.92 Å². The number of nitriles is 1. The molecule has 146 valence electrons. The fourth-order valence-corrected chi connectivity index (χ4v) is 4.39. The molecule has 0 bridgehead atoms. The molecule has 0 amide bonds. The van der Waals surface area contributed by atoms with Gasteiger partial charge in [-0.25, -0.2) is 9.37 Å². The number of benzene rings is 1. The second-order valence-corrected chi connectivity index (χ2v) is 7.59. The van der Waals surface area contributed by atoms with Gasteiger partial charge in [-0.05, 0) is 62.9 Å². The summed E-state index contributed by atoms with van der Waals surface area (Å²) in [5.74, 6) is 0.601. The van der Waals surface area contributed by atoms with Gasteiger partial charge >= 0.3 is 0 Å². The van der Waals surface area contributed by atoms with Crippen LogP contribution in [0.2, 0.25) is 0 Å². The minimum absolute atomic E-state index is 0.224. The summed E-state index contributed by atoms with van der Waals surface area (Å²) >= 11 is 0. The van der Waals surface area contributed by atoms with Gasteiger partial charge in [-0.2, -0.15) is 10.2 Å². The summed E-state index contributed by atoms with van der Waals surface area (Å²) < 4.78 is 14.2. The number of nitrogens with zero attached hydrogens (tertiary/aromatic N) is 4. The molecule has 0 aliphatic carbocycles. The van der Waals surface area contributed by atoms with Crippen LogP contribution in [0, 0.1) is 23.1 Å². The maximum Gasteiger partial charge on any atom is 0.229 e. The van der Waals surface area contributed by atoms with Crippen molar-refractivity contribution < 1.29 is 4.39 Å². The molecule has 2 fully saturated rings. The predicted octanol–water partition coefficient (Wildman–Crippen LogP) is 3.91. The minimum atomic E-state index is -0.451. The number of halogens is 1. The van der Waals surface area contributed by atoms with Crippen LogP contribution in [0.1, 0.15) is 37.7 Å². The van der Waals surface area contributed by atoms with Crippen LogP contribution in [0.15, 0.2) is 30.5 Å². The summed E-state index contributed by atoms with van der Waals surface area (Å²) in [6, 6.07) is 9.73. The molecule has 1 aromatic heterocycles. The standard InChI is InChI=1S/C21H25FN6/c22-18-14-25-21(26-17-7-3-5-15(11-17)12-23)27-20(18)24-13-16-6-4-10-28-9-2-1-8-19(16)28/h3,5,7,11,14,16,19H,1-2,4,6,8-10,13H2,(H2,24,25,26,27)/t16-,19+/m0/s1. The Kier molecular flexibility index (Phi) is 5.68. The van der Waals surface area contributed by atoms with Crippen LogP contribution in [-0.4, -0.2) is 40.5 Å². The normalized spacial score (nSPS) is 22.1. The first-order valence-corrected chi connectivity index (χ1v) is 10.0. The molecule has 2 saturated heterocycles. The lowest BCUT2D eigenvalue weighted by Gasteiger charge is -2.44. The van der Waals surface area contributed by atoms with E-state index in [-0.39, 0.29) is 5.82 Å². The summed E-state index contributed by atoms with van der Waals surface area (Å²) in [6.07, 6.45) is 7.37. The molecular formula is C21H25FN6. The lowest BCUT2D eigenvalue weighted by Crippen LogP contribution is -2.49. The van der Waals surface area contributed by atoms with E-state index >= 15 is 0 Å². The SMILES string of the molecule is N#Cc1cccc(Nc2ncc(F)c(NC[C@@H]3CCCN4CCCC[C@H]34)n2)c1. The van der Waals surface area contributed by atoms with Gasteiger partial charge in [0.1, 0.15) is 0 Å². The molecule has 4 rings (SSSR count). The van der Waals surface area contributed by atoms with Crippen molar-refractivity contribution in [3.8, 4) is 6.07 Å². The highest BCUT2D eigenvalue weighted by molar-refractivity contribution is 5.57. The van der Waals surface area contributed by atoms with Gasteiger partial charge in [0.15, 0.2) is 11.6 Å². The fraction of sp³-hybridized carbons (Fsp3) is 0.476. The van der Waals surface area contributed by atoms with E-state index in [1.807, 2.05) is 6.07 Å². The van der Waals surface area contributed by atoms with Crippen LogP contribution in [0.4, 0.5) is 21.8 Å². The number of fused-ring (bicyclic) bond motifs is 1. The largest absolute Gasteiger partial charge is 0.367 e. The second kappa shape index (κ2) is 8.53. The average molecular weight is 380 g/mol. The highest BCUT2D eigenvalue weighted by Gasteiger charge is 2.32. The zero-order chi connectivity index (χ0) is 19.3. The van der Waals surface area contributed by atoms with Crippen molar-refractivity contribution in [1.29, 1.82) is 5.26 Å². The topological polar surface area (TPSA) is 76.9 Å². The Bertz CT molecular complexity index is 862. The van der Waals surface area contributed by atoms with E-state index in [4.69, 9.17) is 5.26 Å². The third kappa shape index (κ3) is 4.23. The fourth-order valence-electron chi connectivity index (χ4n) is 4.39. The quantitative estimate of drug-likeness (QED) is 0.819. The average Bonchev–Trinajstić information content (AvgIpc) is 2.74. The van der Waals surface area contributed by atoms with E-state index in [0.717, 1.165) is 6.54 Å². The van der Waals surface area contributed by atoms with Gasteiger partial charge < -0.3 is 15.5 Å². The first-order chi connectivity index (χ1) is 13.7. The molecule has 2 aliphatic heterocycles. The summed E-state index contributed by atoms with van der Waals surface area (Å²) in [4.78, 5) is 10.9.